The molecule has 1 aromatic rings. The van der Waals surface area contributed by atoms with Crippen molar-refractivity contribution in [2.75, 3.05) is 0 Å². The molecule has 1 aromatic carbocycles. The molecule has 1 aliphatic carbocycles. The summed E-state index contributed by atoms with van der Waals surface area (Å²) in [7, 11) is 0. The number of hydrogen-bond acceptors (Lipinski definition) is 3. The largest absolute Gasteiger partial charge is 0.479 e. The molecule has 0 saturated carbocycles. The number of amides is 1. The van der Waals surface area contributed by atoms with E-state index in [0.717, 1.165) is 6.42 Å². The second kappa shape index (κ2) is 5.72. The van der Waals surface area contributed by atoms with Crippen molar-refractivity contribution in [3.8, 4) is 0 Å². The number of aliphatic carboxylic acids is 1. The van der Waals surface area contributed by atoms with Crippen molar-refractivity contribution in [2.45, 2.75) is 51.4 Å². The van der Waals surface area contributed by atoms with E-state index in [-0.39, 0.29) is 11.9 Å². The summed E-state index contributed by atoms with van der Waals surface area (Å²) in [5.74, 6) is -0.863. The summed E-state index contributed by atoms with van der Waals surface area (Å²) in [4.78, 5) is 23.3. The van der Waals surface area contributed by atoms with E-state index >= 15 is 0 Å². The molecule has 3 rings (SSSR count). The van der Waals surface area contributed by atoms with E-state index in [1.807, 2.05) is 6.92 Å². The summed E-state index contributed by atoms with van der Waals surface area (Å²) in [6.45, 7) is 4.16. The van der Waals surface area contributed by atoms with Crippen LogP contribution >= 0.6 is 0 Å². The van der Waals surface area contributed by atoms with Gasteiger partial charge in [0.15, 0.2) is 6.10 Å². The number of hydrogen-bond donors (Lipinski definition) is 2. The van der Waals surface area contributed by atoms with Gasteiger partial charge in [-0.05, 0) is 43.2 Å². The Kier molecular flexibility index (Phi) is 3.91. The highest BCUT2D eigenvalue weighted by atomic mass is 16.5. The fraction of sp³-hybridized carbons (Fsp3) is 0.529. The van der Waals surface area contributed by atoms with Gasteiger partial charge in [0.25, 0.3) is 0 Å². The van der Waals surface area contributed by atoms with Gasteiger partial charge in [0.1, 0.15) is 6.10 Å². The Labute approximate surface area is 129 Å². The van der Waals surface area contributed by atoms with Gasteiger partial charge in [-0.2, -0.15) is 0 Å². The molecule has 4 atom stereocenters. The molecule has 1 amide bonds. The Morgan fingerprint density at radius 2 is 2.00 bits per heavy atom. The maximum atomic E-state index is 12.4. The lowest BCUT2D eigenvalue weighted by atomic mass is 10.0. The molecule has 2 N–H and O–H groups in total. The van der Waals surface area contributed by atoms with Crippen LogP contribution in [0, 0.1) is 12.8 Å². The maximum absolute atomic E-state index is 12.4. The van der Waals surface area contributed by atoms with Crippen LogP contribution in [-0.2, 0) is 20.7 Å². The van der Waals surface area contributed by atoms with E-state index in [0.29, 0.717) is 18.8 Å². The Hall–Kier alpha value is -1.88. The monoisotopic (exact) mass is 303 g/mol. The van der Waals surface area contributed by atoms with Gasteiger partial charge in [-0.3, -0.25) is 4.79 Å². The second-order valence-electron chi connectivity index (χ2n) is 6.40. The highest BCUT2D eigenvalue weighted by molar-refractivity contribution is 5.83. The fourth-order valence-corrected chi connectivity index (χ4v) is 3.44. The van der Waals surface area contributed by atoms with Crippen molar-refractivity contribution in [3.05, 3.63) is 34.9 Å². The van der Waals surface area contributed by atoms with Crippen molar-refractivity contribution < 1.29 is 19.4 Å². The third-order valence-electron chi connectivity index (χ3n) is 4.63. The zero-order chi connectivity index (χ0) is 15.9. The molecule has 1 saturated heterocycles. The number of nitrogens with one attached hydrogen (secondary N) is 1. The van der Waals surface area contributed by atoms with Crippen LogP contribution in [0.5, 0.6) is 0 Å². The molecular weight excluding hydrogens is 282 g/mol. The summed E-state index contributed by atoms with van der Waals surface area (Å²) < 4.78 is 5.33. The number of aryl methyl sites for hydroxylation is 1. The summed E-state index contributed by atoms with van der Waals surface area (Å²) in [5.41, 5.74) is 3.63. The van der Waals surface area contributed by atoms with E-state index in [4.69, 9.17) is 9.84 Å². The Bertz CT molecular complexity index is 613. The first-order valence-electron chi connectivity index (χ1n) is 7.73. The van der Waals surface area contributed by atoms with Crippen LogP contribution in [0.4, 0.5) is 0 Å². The van der Waals surface area contributed by atoms with E-state index < -0.39 is 18.2 Å². The van der Waals surface area contributed by atoms with Crippen LogP contribution in [0.2, 0.25) is 0 Å². The van der Waals surface area contributed by atoms with Gasteiger partial charge < -0.3 is 15.2 Å². The Morgan fingerprint density at radius 3 is 2.68 bits per heavy atom. The molecule has 1 heterocycles. The van der Waals surface area contributed by atoms with Gasteiger partial charge in [-0.15, -0.1) is 0 Å². The maximum Gasteiger partial charge on any atom is 0.332 e. The molecule has 0 aromatic heterocycles. The van der Waals surface area contributed by atoms with Gasteiger partial charge in [0.05, 0.1) is 6.04 Å². The van der Waals surface area contributed by atoms with Crippen LogP contribution < -0.4 is 5.32 Å². The minimum absolute atomic E-state index is 0.0186. The van der Waals surface area contributed by atoms with Crippen LogP contribution in [0.1, 0.15) is 42.5 Å². The third-order valence-corrected chi connectivity index (χ3v) is 4.63. The number of fused-ring (bicyclic) bond motifs is 1. The van der Waals surface area contributed by atoms with Crippen LogP contribution in [-0.4, -0.2) is 29.2 Å². The van der Waals surface area contributed by atoms with Crippen LogP contribution in [0.3, 0.4) is 0 Å². The molecular formula is C17H21NO4. The summed E-state index contributed by atoms with van der Waals surface area (Å²) in [6, 6.07) is 6.32. The lowest BCUT2D eigenvalue weighted by molar-refractivity contribution is -0.152. The highest BCUT2D eigenvalue weighted by Gasteiger charge is 2.37. The molecule has 118 valence electrons. The molecule has 0 bridgehead atoms. The average molecular weight is 303 g/mol. The van der Waals surface area contributed by atoms with Gasteiger partial charge >= 0.3 is 5.97 Å². The quantitative estimate of drug-likeness (QED) is 0.895. The lowest BCUT2D eigenvalue weighted by Gasteiger charge is -2.21. The number of carboxylic acids is 1. The molecule has 2 aliphatic rings. The summed E-state index contributed by atoms with van der Waals surface area (Å²) in [6.07, 6.45) is 0.297. The zero-order valence-corrected chi connectivity index (χ0v) is 12.8. The average Bonchev–Trinajstić information content (AvgIpc) is 3.06. The minimum atomic E-state index is -0.995. The first kappa shape index (κ1) is 15.0. The molecule has 22 heavy (non-hydrogen) atoms. The standard InChI is InChI=1S/C17H21NO4/c1-9-3-4-11-8-10(2)15(12(11)7-9)18-16(19)13-5-6-14(22-13)17(20)21/h3-4,7,10,13-15H,5-6,8H2,1-2H3,(H,18,19)(H,20,21)/t10?,13-,14+,15?/m0/s1. The molecule has 5 nitrogen and oxygen atoms in total. The Morgan fingerprint density at radius 1 is 1.27 bits per heavy atom. The van der Waals surface area contributed by atoms with Crippen molar-refractivity contribution in [1.29, 1.82) is 0 Å². The van der Waals surface area contributed by atoms with Gasteiger partial charge in [0, 0.05) is 0 Å². The SMILES string of the molecule is Cc1ccc2c(c1)C(NC(=O)[C@@H]1CC[C@H](C(=O)O)O1)C(C)C2. The summed E-state index contributed by atoms with van der Waals surface area (Å²) in [5, 5.41) is 12.0. The molecule has 1 fully saturated rings. The Balaban J connectivity index is 1.70. The predicted octanol–water partition coefficient (Wildman–Crippen LogP) is 1.98. The minimum Gasteiger partial charge on any atom is -0.479 e. The lowest BCUT2D eigenvalue weighted by Crippen LogP contribution is -2.39. The normalized spacial score (nSPS) is 30.1. The molecule has 5 heteroatoms. The third kappa shape index (κ3) is 2.73. The first-order chi connectivity index (χ1) is 10.5. The van der Waals surface area contributed by atoms with E-state index in [1.165, 1.54) is 16.7 Å². The topological polar surface area (TPSA) is 75.6 Å². The van der Waals surface area contributed by atoms with Gasteiger partial charge in [-0.1, -0.05) is 30.7 Å². The van der Waals surface area contributed by atoms with Crippen molar-refractivity contribution in [3.63, 3.8) is 0 Å². The van der Waals surface area contributed by atoms with Crippen molar-refractivity contribution in [2.24, 2.45) is 5.92 Å². The number of benzene rings is 1. The smallest absolute Gasteiger partial charge is 0.332 e. The first-order valence-corrected chi connectivity index (χ1v) is 7.73. The number of carbonyl (C=O) groups excluding carboxylic acids is 1. The summed E-state index contributed by atoms with van der Waals surface area (Å²) >= 11 is 0. The second-order valence-corrected chi connectivity index (χ2v) is 6.40. The predicted molar refractivity (Wildman–Crippen MR) is 80.5 cm³/mol. The number of ether oxygens (including phenoxy) is 1. The van der Waals surface area contributed by atoms with Gasteiger partial charge in [0.2, 0.25) is 5.91 Å². The van der Waals surface area contributed by atoms with Crippen LogP contribution in [0.15, 0.2) is 18.2 Å². The fourth-order valence-electron chi connectivity index (χ4n) is 3.44. The molecule has 2 unspecified atom stereocenters. The number of rotatable bonds is 3. The van der Waals surface area contributed by atoms with Crippen molar-refractivity contribution in [1.82, 2.24) is 5.32 Å². The van der Waals surface area contributed by atoms with Crippen molar-refractivity contribution >= 4 is 11.9 Å². The van der Waals surface area contributed by atoms with Crippen LogP contribution in [0.25, 0.3) is 0 Å². The molecule has 0 radical (unpaired) electrons. The molecule has 1 aliphatic heterocycles. The zero-order valence-electron chi connectivity index (χ0n) is 12.8. The van der Waals surface area contributed by atoms with E-state index in [2.05, 4.69) is 30.4 Å². The number of carbonyl (C=O) groups is 2. The van der Waals surface area contributed by atoms with E-state index in [1.54, 1.807) is 0 Å². The number of carboxylic acid groups (broad SMARTS) is 1. The highest BCUT2D eigenvalue weighted by Crippen LogP contribution is 2.36. The molecule has 0 spiro atoms. The van der Waals surface area contributed by atoms with E-state index in [9.17, 15) is 9.59 Å². The van der Waals surface area contributed by atoms with Gasteiger partial charge in [-0.25, -0.2) is 4.79 Å².